The van der Waals surface area contributed by atoms with Gasteiger partial charge in [0.25, 0.3) is 0 Å². The molecule has 16 heavy (non-hydrogen) atoms. The van der Waals surface area contributed by atoms with Crippen LogP contribution < -0.4 is 0 Å². The quantitative estimate of drug-likeness (QED) is 0.604. The number of sulfonamides is 1. The monoisotopic (exact) mass is 247 g/mol. The number of carboxylic acid groups (broad SMARTS) is 1. The maximum atomic E-state index is 10.2. The lowest BCUT2D eigenvalue weighted by molar-refractivity contribution is -0.304. The molecule has 88 valence electrons. The molecule has 0 saturated heterocycles. The molecule has 1 aromatic rings. The molecule has 0 aliphatic heterocycles. The Balaban J connectivity index is 0.000000293. The Hall–Kier alpha value is -1.96. The van der Waals surface area contributed by atoms with E-state index in [4.69, 9.17) is 5.11 Å². The summed E-state index contributed by atoms with van der Waals surface area (Å²) in [5.74, 6) is -0.879. The van der Waals surface area contributed by atoms with Gasteiger partial charge in [-0.3, -0.25) is 0 Å². The minimum Gasteiger partial charge on any atom is -0.478 e. The molecule has 0 aliphatic rings. The molecule has 1 N–H and O–H groups in total. The van der Waals surface area contributed by atoms with Crippen LogP contribution in [0.1, 0.15) is 10.4 Å². The third-order valence-electron chi connectivity index (χ3n) is 1.29. The topological polar surface area (TPSA) is 115 Å². The lowest BCUT2D eigenvalue weighted by Gasteiger charge is -1.88. The van der Waals surface area contributed by atoms with Crippen LogP contribution in [0.2, 0.25) is 0 Å². The molecule has 0 saturated carbocycles. The molecule has 0 bridgehead atoms. The summed E-state index contributed by atoms with van der Waals surface area (Å²) in [6, 6.07) is 8.30. The van der Waals surface area contributed by atoms with Gasteiger partial charge in [0, 0.05) is 0 Å². The van der Waals surface area contributed by atoms with Gasteiger partial charge in [0.2, 0.25) is 0 Å². The van der Waals surface area contributed by atoms with Crippen molar-refractivity contribution in [2.75, 3.05) is 6.26 Å². The predicted octanol–water partition coefficient (Wildman–Crippen LogP) is 0.608. The number of nitro groups is 1. The van der Waals surface area contributed by atoms with E-state index in [1.807, 2.05) is 0 Å². The van der Waals surface area contributed by atoms with Crippen LogP contribution in [0, 0.1) is 10.1 Å². The molecule has 8 heteroatoms. The molecule has 0 spiro atoms. The van der Waals surface area contributed by atoms with E-state index in [-0.39, 0.29) is 0 Å². The fourth-order valence-corrected chi connectivity index (χ4v) is 0.581. The zero-order valence-corrected chi connectivity index (χ0v) is 9.05. The van der Waals surface area contributed by atoms with Crippen molar-refractivity contribution in [2.45, 2.75) is 0 Å². The van der Waals surface area contributed by atoms with Crippen molar-refractivity contribution in [1.82, 2.24) is 0 Å². The number of carboxylic acids is 1. The maximum absolute atomic E-state index is 10.2. The summed E-state index contributed by atoms with van der Waals surface area (Å²) < 4.78 is 17.9. The highest BCUT2D eigenvalue weighted by molar-refractivity contribution is 7.84. The molecule has 0 aromatic heterocycles. The predicted molar refractivity (Wildman–Crippen MR) is 55.2 cm³/mol. The molecule has 1 rings (SSSR count). The fraction of sp³-hybridized carbons (Fsp3) is 0.125. The summed E-state index contributed by atoms with van der Waals surface area (Å²) in [4.78, 5) is 19.4. The summed E-state index contributed by atoms with van der Waals surface area (Å²) in [6.07, 6.45) is 0.535. The van der Waals surface area contributed by atoms with E-state index in [1.165, 1.54) is 0 Å². The number of carbonyl (C=O) groups is 1. The van der Waals surface area contributed by atoms with Crippen LogP contribution in [-0.4, -0.2) is 30.1 Å². The van der Waals surface area contributed by atoms with Crippen molar-refractivity contribution in [3.05, 3.63) is 46.0 Å². The number of hydrogen-bond donors (Lipinski definition) is 1. The minimum absolute atomic E-state index is 0.331. The van der Waals surface area contributed by atoms with Crippen molar-refractivity contribution in [2.24, 2.45) is 0 Å². The highest BCUT2D eigenvalue weighted by atomic mass is 32.2. The first-order chi connectivity index (χ1) is 7.25. The van der Waals surface area contributed by atoms with Crippen molar-refractivity contribution in [3.8, 4) is 0 Å². The van der Waals surface area contributed by atoms with Crippen LogP contribution in [0.5, 0.6) is 0 Å². The fourth-order valence-electron chi connectivity index (χ4n) is 0.581. The lowest BCUT2D eigenvalue weighted by atomic mass is 10.2. The zero-order chi connectivity index (χ0) is 12.8. The second-order valence-corrected chi connectivity index (χ2v) is 4.39. The molecule has 0 radical (unpaired) electrons. The van der Waals surface area contributed by atoms with Crippen LogP contribution in [0.3, 0.4) is 0 Å². The molecule has 0 aliphatic carbocycles. The second kappa shape index (κ2) is 5.81. The molecule has 0 atom stereocenters. The number of aromatic carboxylic acids is 1. The van der Waals surface area contributed by atoms with E-state index < -0.39 is 20.3 Å². The van der Waals surface area contributed by atoms with Crippen molar-refractivity contribution < 1.29 is 22.6 Å². The van der Waals surface area contributed by atoms with E-state index in [9.17, 15) is 23.3 Å². The second-order valence-electron chi connectivity index (χ2n) is 2.63. The smallest absolute Gasteiger partial charge is 0.414 e. The van der Waals surface area contributed by atoms with Gasteiger partial charge in [0.05, 0.1) is 5.56 Å². The SMILES string of the molecule is CS(=O)(=O)[N+](=O)[O-].O=C(O)c1ccccc1. The molecule has 0 amide bonds. The van der Waals surface area contributed by atoms with E-state index in [1.54, 1.807) is 30.3 Å². The zero-order valence-electron chi connectivity index (χ0n) is 8.23. The lowest BCUT2D eigenvalue weighted by Crippen LogP contribution is -2.08. The normalized spacial score (nSPS) is 9.81. The van der Waals surface area contributed by atoms with Crippen LogP contribution >= 0.6 is 0 Å². The van der Waals surface area contributed by atoms with Gasteiger partial charge in [-0.2, -0.15) is 8.42 Å². The minimum atomic E-state index is -4.02. The first-order valence-electron chi connectivity index (χ1n) is 3.88. The van der Waals surface area contributed by atoms with Gasteiger partial charge in [-0.25, -0.2) is 14.9 Å². The van der Waals surface area contributed by atoms with Gasteiger partial charge in [0.1, 0.15) is 6.26 Å². The summed E-state index contributed by atoms with van der Waals surface area (Å²) in [6.45, 7) is 0. The maximum Gasteiger partial charge on any atom is 0.414 e. The molecule has 0 fully saturated rings. The highest BCUT2D eigenvalue weighted by Gasteiger charge is 2.11. The number of hydrogen-bond acceptors (Lipinski definition) is 5. The summed E-state index contributed by atoms with van der Waals surface area (Å²) >= 11 is 0. The number of benzene rings is 1. The largest absolute Gasteiger partial charge is 0.478 e. The van der Waals surface area contributed by atoms with E-state index in [2.05, 4.69) is 0 Å². The summed E-state index contributed by atoms with van der Waals surface area (Å²) in [5.41, 5.74) is 0.331. The Labute approximate surface area is 91.5 Å². The number of rotatable bonds is 2. The van der Waals surface area contributed by atoms with Crippen LogP contribution in [0.25, 0.3) is 0 Å². The first kappa shape index (κ1) is 14.0. The summed E-state index contributed by atoms with van der Waals surface area (Å²) in [5, 5.41) is 17.6. The Bertz CT molecular complexity index is 467. The van der Waals surface area contributed by atoms with Crippen molar-refractivity contribution >= 4 is 16.0 Å². The molecule has 7 nitrogen and oxygen atoms in total. The highest BCUT2D eigenvalue weighted by Crippen LogP contribution is 1.96. The molecule has 1 aromatic carbocycles. The van der Waals surface area contributed by atoms with Gasteiger partial charge in [-0.15, -0.1) is 0 Å². The van der Waals surface area contributed by atoms with E-state index >= 15 is 0 Å². The van der Waals surface area contributed by atoms with Crippen LogP contribution in [0.4, 0.5) is 0 Å². The Morgan fingerprint density at radius 1 is 1.31 bits per heavy atom. The average molecular weight is 247 g/mol. The standard InChI is InChI=1S/C7H6O2.CH3NO4S/c8-7(9)6-4-2-1-3-5-6;1-7(5,6)2(3)4/h1-5H,(H,8,9);1H3. The molecule has 0 unspecified atom stereocenters. The average Bonchev–Trinajstić information content (AvgIpc) is 2.18. The summed E-state index contributed by atoms with van der Waals surface area (Å²) in [7, 11) is -4.02. The van der Waals surface area contributed by atoms with Gasteiger partial charge < -0.3 is 5.11 Å². The third kappa shape index (κ3) is 5.70. The molecular formula is C8H9NO6S. The van der Waals surface area contributed by atoms with E-state index in [0.717, 1.165) is 0 Å². The first-order valence-corrected chi connectivity index (χ1v) is 5.73. The van der Waals surface area contributed by atoms with E-state index in [0.29, 0.717) is 11.8 Å². The van der Waals surface area contributed by atoms with Crippen molar-refractivity contribution in [1.29, 1.82) is 0 Å². The van der Waals surface area contributed by atoms with Gasteiger partial charge in [-0.05, 0) is 12.1 Å². The number of nitrogens with zero attached hydrogens (tertiary/aromatic N) is 1. The molecule has 0 heterocycles. The third-order valence-corrected chi connectivity index (χ3v) is 1.83. The Kier molecular flexibility index (Phi) is 5.10. The molecular weight excluding hydrogens is 238 g/mol. The Morgan fingerprint density at radius 2 is 1.69 bits per heavy atom. The van der Waals surface area contributed by atoms with Gasteiger partial charge in [0.15, 0.2) is 4.33 Å². The van der Waals surface area contributed by atoms with Crippen molar-refractivity contribution in [3.63, 3.8) is 0 Å². The van der Waals surface area contributed by atoms with Gasteiger partial charge >= 0.3 is 16.0 Å². The van der Waals surface area contributed by atoms with Crippen LogP contribution in [-0.2, 0) is 10.0 Å². The van der Waals surface area contributed by atoms with Crippen LogP contribution in [0.15, 0.2) is 30.3 Å². The Morgan fingerprint density at radius 3 is 1.88 bits per heavy atom. The van der Waals surface area contributed by atoms with Gasteiger partial charge in [-0.1, -0.05) is 18.2 Å².